The normalized spacial score (nSPS) is 20.4. The Hall–Kier alpha value is -1.96. The Morgan fingerprint density at radius 2 is 2.21 bits per heavy atom. The number of hydrogen-bond donors (Lipinski definition) is 0. The van der Waals surface area contributed by atoms with Gasteiger partial charge in [-0.05, 0) is 12.1 Å². The molecular weight excluding hydrogens is 275 g/mol. The van der Waals surface area contributed by atoms with Gasteiger partial charge in [-0.1, -0.05) is 0 Å². The molecule has 1 unspecified atom stereocenters. The number of benzene rings is 1. The van der Waals surface area contributed by atoms with Crippen LogP contribution in [0.15, 0.2) is 29.0 Å². The Balaban J connectivity index is 1.96. The summed E-state index contributed by atoms with van der Waals surface area (Å²) in [6, 6.07) is 4.85. The minimum atomic E-state index is -4.71. The summed E-state index contributed by atoms with van der Waals surface area (Å²) in [5, 5.41) is -1.30. The monoisotopic (exact) mass is 284 g/mol. The van der Waals surface area contributed by atoms with Crippen molar-refractivity contribution in [1.82, 2.24) is 4.98 Å². The van der Waals surface area contributed by atoms with Gasteiger partial charge >= 0.3 is 10.2 Å². The zero-order chi connectivity index (χ0) is 13.6. The van der Waals surface area contributed by atoms with Crippen LogP contribution in [0.1, 0.15) is 6.42 Å². The van der Waals surface area contributed by atoms with Crippen molar-refractivity contribution in [2.75, 3.05) is 11.4 Å². The number of carbonyl (C=O) groups excluding carboxylic acids is 1. The molecule has 1 aliphatic rings. The van der Waals surface area contributed by atoms with Gasteiger partial charge in [0.15, 0.2) is 12.0 Å². The number of anilines is 1. The van der Waals surface area contributed by atoms with Gasteiger partial charge in [0, 0.05) is 24.7 Å². The second-order valence-corrected chi connectivity index (χ2v) is 5.93. The molecule has 0 aliphatic carbocycles. The Kier molecular flexibility index (Phi) is 2.56. The molecule has 1 saturated heterocycles. The zero-order valence-corrected chi connectivity index (χ0v) is 10.4. The molecule has 1 amide bonds. The van der Waals surface area contributed by atoms with Gasteiger partial charge in [0.25, 0.3) is 0 Å². The van der Waals surface area contributed by atoms with Crippen LogP contribution in [-0.2, 0) is 15.0 Å². The van der Waals surface area contributed by atoms with Crippen molar-refractivity contribution < 1.29 is 21.5 Å². The van der Waals surface area contributed by atoms with Crippen molar-refractivity contribution in [1.29, 1.82) is 0 Å². The first kappa shape index (κ1) is 12.1. The van der Waals surface area contributed by atoms with Gasteiger partial charge in [-0.15, -0.1) is 3.89 Å². The molecule has 1 fully saturated rings. The van der Waals surface area contributed by atoms with Crippen molar-refractivity contribution in [3.8, 4) is 0 Å². The average molecular weight is 284 g/mol. The van der Waals surface area contributed by atoms with E-state index in [2.05, 4.69) is 4.98 Å². The van der Waals surface area contributed by atoms with Crippen LogP contribution >= 0.6 is 0 Å². The van der Waals surface area contributed by atoms with Crippen LogP contribution in [0.25, 0.3) is 11.1 Å². The van der Waals surface area contributed by atoms with Crippen LogP contribution in [0, 0.1) is 0 Å². The van der Waals surface area contributed by atoms with Gasteiger partial charge in [0.2, 0.25) is 5.91 Å². The van der Waals surface area contributed by atoms with Crippen molar-refractivity contribution in [2.24, 2.45) is 0 Å². The third-order valence-corrected chi connectivity index (χ3v) is 4.23. The number of amides is 1. The van der Waals surface area contributed by atoms with Crippen molar-refractivity contribution >= 4 is 32.9 Å². The summed E-state index contributed by atoms with van der Waals surface area (Å²) < 4.78 is 39.7. The third kappa shape index (κ3) is 2.07. The lowest BCUT2D eigenvalue weighted by Crippen LogP contribution is -2.26. The number of halogens is 1. The topological polar surface area (TPSA) is 80.5 Å². The maximum absolute atomic E-state index is 12.9. The molecule has 0 bridgehead atoms. The molecule has 0 N–H and O–H groups in total. The number of hydrogen-bond acceptors (Lipinski definition) is 5. The van der Waals surface area contributed by atoms with E-state index in [9.17, 15) is 17.1 Å². The van der Waals surface area contributed by atoms with Crippen molar-refractivity contribution in [3.63, 3.8) is 0 Å². The van der Waals surface area contributed by atoms with Crippen LogP contribution in [0.3, 0.4) is 0 Å². The maximum atomic E-state index is 12.9. The second kappa shape index (κ2) is 4.02. The summed E-state index contributed by atoms with van der Waals surface area (Å²) in [6.07, 6.45) is 0.933. The van der Waals surface area contributed by atoms with Gasteiger partial charge in [0.1, 0.15) is 10.8 Å². The molecule has 3 rings (SSSR count). The number of rotatable bonds is 2. The highest BCUT2D eigenvalue weighted by atomic mass is 32.3. The molecule has 1 aromatic heterocycles. The molecule has 1 aromatic carbocycles. The van der Waals surface area contributed by atoms with Crippen LogP contribution in [0.4, 0.5) is 9.57 Å². The molecule has 0 saturated carbocycles. The van der Waals surface area contributed by atoms with E-state index in [1.54, 1.807) is 18.2 Å². The molecule has 6 nitrogen and oxygen atoms in total. The van der Waals surface area contributed by atoms with Crippen LogP contribution in [0.5, 0.6) is 0 Å². The van der Waals surface area contributed by atoms with Gasteiger partial charge in [-0.25, -0.2) is 4.98 Å². The number of carbonyl (C=O) groups is 1. The fraction of sp³-hybridized carbons (Fsp3) is 0.273. The highest BCUT2D eigenvalue weighted by molar-refractivity contribution is 7.87. The molecule has 0 spiro atoms. The van der Waals surface area contributed by atoms with E-state index >= 15 is 0 Å². The van der Waals surface area contributed by atoms with Crippen molar-refractivity contribution in [3.05, 3.63) is 24.6 Å². The summed E-state index contributed by atoms with van der Waals surface area (Å²) in [7, 11) is -4.71. The number of oxazole rings is 1. The van der Waals surface area contributed by atoms with E-state index in [1.165, 1.54) is 11.3 Å². The van der Waals surface area contributed by atoms with E-state index in [1.807, 2.05) is 0 Å². The summed E-state index contributed by atoms with van der Waals surface area (Å²) >= 11 is 0. The lowest BCUT2D eigenvalue weighted by molar-refractivity contribution is -0.117. The Labute approximate surface area is 108 Å². The molecule has 8 heteroatoms. The smallest absolute Gasteiger partial charge is 0.307 e. The first-order valence-electron chi connectivity index (χ1n) is 5.52. The fourth-order valence-corrected chi connectivity index (χ4v) is 2.79. The Bertz CT molecular complexity index is 755. The maximum Gasteiger partial charge on any atom is 0.307 e. The number of fused-ring (bicyclic) bond motifs is 1. The van der Waals surface area contributed by atoms with Gasteiger partial charge in [-0.2, -0.15) is 8.42 Å². The van der Waals surface area contributed by atoms with E-state index in [-0.39, 0.29) is 13.0 Å². The van der Waals surface area contributed by atoms with Crippen LogP contribution in [0.2, 0.25) is 0 Å². The summed E-state index contributed by atoms with van der Waals surface area (Å²) in [6.45, 7) is -0.183. The largest absolute Gasteiger partial charge is 0.443 e. The van der Waals surface area contributed by atoms with Crippen LogP contribution < -0.4 is 4.90 Å². The van der Waals surface area contributed by atoms with Gasteiger partial charge < -0.3 is 9.32 Å². The predicted octanol–water partition coefficient (Wildman–Crippen LogP) is 1.23. The summed E-state index contributed by atoms with van der Waals surface area (Å²) in [4.78, 5) is 16.9. The highest BCUT2D eigenvalue weighted by Gasteiger charge is 2.39. The second-order valence-electron chi connectivity index (χ2n) is 4.31. The fourth-order valence-electron chi connectivity index (χ4n) is 2.12. The Morgan fingerprint density at radius 3 is 2.89 bits per heavy atom. The molecule has 1 atom stereocenters. The van der Waals surface area contributed by atoms with E-state index in [0.29, 0.717) is 16.8 Å². The van der Waals surface area contributed by atoms with E-state index in [0.717, 1.165) is 0 Å². The van der Waals surface area contributed by atoms with Crippen LogP contribution in [-0.4, -0.2) is 31.1 Å². The molecule has 2 heterocycles. The number of aromatic nitrogens is 1. The first-order valence-corrected chi connectivity index (χ1v) is 6.97. The standard InChI is InChI=1S/C11H9FN2O4S/c12-19(16,17)8-4-11(15)14(5-8)7-1-2-9-10(3-7)18-6-13-9/h1-3,6,8H,4-5H2. The zero-order valence-electron chi connectivity index (χ0n) is 9.61. The summed E-state index contributed by atoms with van der Waals surface area (Å²) in [5.74, 6) is -0.426. The summed E-state index contributed by atoms with van der Waals surface area (Å²) in [5.41, 5.74) is 1.59. The lowest BCUT2D eigenvalue weighted by Gasteiger charge is -2.15. The first-order chi connectivity index (χ1) is 8.95. The molecule has 2 aromatic rings. The van der Waals surface area contributed by atoms with E-state index < -0.39 is 21.4 Å². The van der Waals surface area contributed by atoms with Gasteiger partial charge in [0.05, 0.1) is 0 Å². The molecular formula is C11H9FN2O4S. The lowest BCUT2D eigenvalue weighted by atomic mass is 10.2. The molecule has 100 valence electrons. The number of nitrogens with zero attached hydrogens (tertiary/aromatic N) is 2. The van der Waals surface area contributed by atoms with E-state index in [4.69, 9.17) is 4.42 Å². The van der Waals surface area contributed by atoms with Gasteiger partial charge in [-0.3, -0.25) is 4.79 Å². The molecule has 19 heavy (non-hydrogen) atoms. The Morgan fingerprint density at radius 1 is 1.42 bits per heavy atom. The molecule has 1 aliphatic heterocycles. The molecule has 0 radical (unpaired) electrons. The average Bonchev–Trinajstić information content (AvgIpc) is 2.92. The highest BCUT2D eigenvalue weighted by Crippen LogP contribution is 2.28. The SMILES string of the molecule is O=C1CC(S(=O)(=O)F)CN1c1ccc2ncoc2c1. The predicted molar refractivity (Wildman–Crippen MR) is 64.8 cm³/mol. The van der Waals surface area contributed by atoms with Crippen molar-refractivity contribution in [2.45, 2.75) is 11.7 Å². The third-order valence-electron chi connectivity index (χ3n) is 3.11. The minimum Gasteiger partial charge on any atom is -0.443 e. The quantitative estimate of drug-likeness (QED) is 0.775. The minimum absolute atomic E-state index is 0.183.